The van der Waals surface area contributed by atoms with Crippen molar-refractivity contribution in [2.45, 2.75) is 366 Å². The molecule has 0 aliphatic carbocycles. The Morgan fingerprint density at radius 1 is 0.430 bits per heavy atom. The maximum Gasteiger partial charge on any atom is 0.472 e. The Bertz CT molecular complexity index is 1380. The topological polar surface area (TPSA) is 105 Å². The third kappa shape index (κ3) is 64.1. The predicted molar refractivity (Wildman–Crippen MR) is 346 cm³/mol. The summed E-state index contributed by atoms with van der Waals surface area (Å²) in [5.74, 6) is -0.137. The van der Waals surface area contributed by atoms with Crippen molar-refractivity contribution in [3.63, 3.8) is 0 Å². The van der Waals surface area contributed by atoms with E-state index in [1.807, 2.05) is 21.1 Å². The molecule has 468 valence electrons. The highest BCUT2D eigenvalue weighted by molar-refractivity contribution is 7.47. The van der Waals surface area contributed by atoms with Crippen molar-refractivity contribution >= 4 is 13.7 Å². The Hall–Kier alpha value is -1.28. The lowest BCUT2D eigenvalue weighted by Gasteiger charge is -2.26. The van der Waals surface area contributed by atoms with Gasteiger partial charge < -0.3 is 19.8 Å². The highest BCUT2D eigenvalue weighted by Gasteiger charge is 2.28. The number of unbranched alkanes of at least 4 members (excludes halogenated alkanes) is 46. The molecule has 0 rings (SSSR count). The van der Waals surface area contributed by atoms with Crippen LogP contribution in [0.2, 0.25) is 0 Å². The Morgan fingerprint density at radius 3 is 1.05 bits per heavy atom. The number of nitrogens with zero attached hydrogens (tertiary/aromatic N) is 1. The molecule has 9 heteroatoms. The van der Waals surface area contributed by atoms with Gasteiger partial charge in [-0.05, 0) is 51.4 Å². The minimum Gasteiger partial charge on any atom is -0.391 e. The first-order valence-electron chi connectivity index (χ1n) is 34.9. The van der Waals surface area contributed by atoms with Gasteiger partial charge in [0.05, 0.1) is 39.9 Å². The van der Waals surface area contributed by atoms with Crippen LogP contribution in [0.1, 0.15) is 354 Å². The van der Waals surface area contributed by atoms with Crippen LogP contribution in [-0.4, -0.2) is 73.4 Å². The van der Waals surface area contributed by atoms with Gasteiger partial charge in [0, 0.05) is 6.42 Å². The summed E-state index contributed by atoms with van der Waals surface area (Å²) in [6.07, 6.45) is 81.1. The number of aliphatic hydroxyl groups excluding tert-OH is 1. The van der Waals surface area contributed by atoms with Crippen LogP contribution in [0.3, 0.4) is 0 Å². The molecule has 0 aliphatic heterocycles. The van der Waals surface area contributed by atoms with Crippen molar-refractivity contribution in [2.75, 3.05) is 40.9 Å². The second kappa shape index (κ2) is 61.3. The zero-order valence-electron chi connectivity index (χ0n) is 53.6. The van der Waals surface area contributed by atoms with Gasteiger partial charge in [-0.15, -0.1) is 0 Å². The molecule has 8 nitrogen and oxygen atoms in total. The van der Waals surface area contributed by atoms with Crippen LogP contribution in [0.15, 0.2) is 36.5 Å². The number of amides is 1. The first kappa shape index (κ1) is 77.7. The molecule has 0 spiro atoms. The maximum absolute atomic E-state index is 13.0. The van der Waals surface area contributed by atoms with E-state index in [1.54, 1.807) is 0 Å². The van der Waals surface area contributed by atoms with Gasteiger partial charge in [0.2, 0.25) is 5.91 Å². The number of rotatable bonds is 65. The number of phosphoric acid groups is 1. The highest BCUT2D eigenvalue weighted by atomic mass is 31.2. The van der Waals surface area contributed by atoms with Gasteiger partial charge in [-0.3, -0.25) is 13.8 Å². The van der Waals surface area contributed by atoms with Crippen LogP contribution in [0.5, 0.6) is 0 Å². The molecule has 0 saturated carbocycles. The summed E-state index contributed by atoms with van der Waals surface area (Å²) in [5, 5.41) is 14.1. The van der Waals surface area contributed by atoms with Gasteiger partial charge in [-0.2, -0.15) is 0 Å². The molecular weight excluding hydrogens is 996 g/mol. The standard InChI is InChI=1S/C70H137N2O6P/c1-6-8-10-12-14-16-18-20-22-24-25-26-27-28-29-30-31-32-33-34-35-36-37-38-39-40-41-42-43-44-45-46-47-48-50-52-54-56-58-60-62-64-70(74)71-68(67-78-79(75,76)77-66-65-72(3,4)5)69(73)63-61-59-57-55-53-51-49-23-21-19-17-15-13-11-9-7-2/h18,20,24-25,27-28,68-69,73H,6-17,19,21-23,26,29-67H2,1-5H3,(H-,71,74,75,76)/p+1/b20-18-,25-24-,28-27-. The van der Waals surface area contributed by atoms with Gasteiger partial charge in [-0.1, -0.05) is 333 Å². The van der Waals surface area contributed by atoms with Gasteiger partial charge in [0.25, 0.3) is 0 Å². The molecule has 0 aromatic carbocycles. The molecular formula is C70H138N2O6P+. The van der Waals surface area contributed by atoms with E-state index >= 15 is 0 Å². The monoisotopic (exact) mass is 1130 g/mol. The van der Waals surface area contributed by atoms with E-state index in [1.165, 1.54) is 276 Å². The molecule has 1 amide bonds. The molecule has 3 atom stereocenters. The number of hydrogen-bond donors (Lipinski definition) is 3. The summed E-state index contributed by atoms with van der Waals surface area (Å²) in [7, 11) is 1.63. The van der Waals surface area contributed by atoms with Crippen LogP contribution in [0, 0.1) is 0 Å². The van der Waals surface area contributed by atoms with E-state index in [9.17, 15) is 19.4 Å². The van der Waals surface area contributed by atoms with Gasteiger partial charge >= 0.3 is 7.82 Å². The fraction of sp³-hybridized carbons (Fsp3) is 0.900. The summed E-state index contributed by atoms with van der Waals surface area (Å²) < 4.78 is 23.8. The second-order valence-electron chi connectivity index (χ2n) is 25.3. The number of carbonyl (C=O) groups excluding carboxylic acids is 1. The number of allylic oxidation sites excluding steroid dienone is 6. The minimum atomic E-state index is -4.32. The Balaban J connectivity index is 3.85. The lowest BCUT2D eigenvalue weighted by atomic mass is 10.0. The summed E-state index contributed by atoms with van der Waals surface area (Å²) in [5.41, 5.74) is 0. The first-order valence-corrected chi connectivity index (χ1v) is 36.3. The highest BCUT2D eigenvalue weighted by Crippen LogP contribution is 2.43. The van der Waals surface area contributed by atoms with Crippen molar-refractivity contribution < 1.29 is 32.9 Å². The fourth-order valence-electron chi connectivity index (χ4n) is 10.7. The molecule has 0 radical (unpaired) electrons. The van der Waals surface area contributed by atoms with Crippen molar-refractivity contribution in [2.24, 2.45) is 0 Å². The van der Waals surface area contributed by atoms with Crippen LogP contribution < -0.4 is 5.32 Å². The van der Waals surface area contributed by atoms with Crippen LogP contribution in [0.4, 0.5) is 0 Å². The van der Waals surface area contributed by atoms with Crippen molar-refractivity contribution in [3.8, 4) is 0 Å². The lowest BCUT2D eigenvalue weighted by Crippen LogP contribution is -2.46. The average molecular weight is 1130 g/mol. The maximum atomic E-state index is 13.0. The zero-order chi connectivity index (χ0) is 57.7. The number of likely N-dealkylation sites (N-methyl/N-ethyl adjacent to an activating group) is 1. The third-order valence-electron chi connectivity index (χ3n) is 16.1. The van der Waals surface area contributed by atoms with E-state index in [0.29, 0.717) is 23.9 Å². The SMILES string of the molecule is CCCCCCC/C=C\C/C=C\C/C=C\CCCCCCCCCCCCCCCCCCCCCCCCCCCCC(=O)NC(COP(=O)(O)OCC[N+](C)(C)C)C(O)CCCCCCCCCCCCCCCCCC. The quantitative estimate of drug-likeness (QED) is 0.0243. The molecule has 0 aromatic rings. The predicted octanol–water partition coefficient (Wildman–Crippen LogP) is 22.1. The molecule has 0 aromatic heterocycles. The molecule has 0 aliphatic rings. The Morgan fingerprint density at radius 2 is 0.722 bits per heavy atom. The number of carbonyl (C=O) groups is 1. The summed E-state index contributed by atoms with van der Waals surface area (Å²) in [4.78, 5) is 23.4. The van der Waals surface area contributed by atoms with Crippen LogP contribution >= 0.6 is 7.82 Å². The molecule has 3 unspecified atom stereocenters. The fourth-order valence-corrected chi connectivity index (χ4v) is 11.4. The van der Waals surface area contributed by atoms with Gasteiger partial charge in [-0.25, -0.2) is 4.57 Å². The average Bonchev–Trinajstić information content (AvgIpc) is 3.42. The summed E-state index contributed by atoms with van der Waals surface area (Å²) in [6, 6.07) is -0.758. The zero-order valence-corrected chi connectivity index (χ0v) is 54.5. The molecule has 0 bridgehead atoms. The summed E-state index contributed by atoms with van der Waals surface area (Å²) >= 11 is 0. The number of hydrogen-bond acceptors (Lipinski definition) is 5. The van der Waals surface area contributed by atoms with Crippen molar-refractivity contribution in [1.29, 1.82) is 0 Å². The number of nitrogens with one attached hydrogen (secondary N) is 1. The largest absolute Gasteiger partial charge is 0.472 e. The number of aliphatic hydroxyl groups is 1. The summed E-state index contributed by atoms with van der Waals surface area (Å²) in [6.45, 7) is 4.92. The molecule has 0 fully saturated rings. The van der Waals surface area contributed by atoms with E-state index < -0.39 is 20.0 Å². The first-order chi connectivity index (χ1) is 38.5. The third-order valence-corrected chi connectivity index (χ3v) is 17.1. The van der Waals surface area contributed by atoms with E-state index in [-0.39, 0.29) is 19.1 Å². The number of quaternary nitrogens is 1. The van der Waals surface area contributed by atoms with Crippen LogP contribution in [-0.2, 0) is 18.4 Å². The van der Waals surface area contributed by atoms with E-state index in [4.69, 9.17) is 9.05 Å². The molecule has 0 heterocycles. The normalized spacial score (nSPS) is 13.9. The second-order valence-corrected chi connectivity index (χ2v) is 26.7. The van der Waals surface area contributed by atoms with Crippen molar-refractivity contribution in [3.05, 3.63) is 36.5 Å². The number of phosphoric ester groups is 1. The van der Waals surface area contributed by atoms with E-state index in [2.05, 4.69) is 55.6 Å². The Kier molecular flexibility index (Phi) is 60.3. The molecule has 0 saturated heterocycles. The van der Waals surface area contributed by atoms with Gasteiger partial charge in [0.15, 0.2) is 0 Å². The van der Waals surface area contributed by atoms with E-state index in [0.717, 1.165) is 51.4 Å². The van der Waals surface area contributed by atoms with Crippen LogP contribution in [0.25, 0.3) is 0 Å². The lowest BCUT2D eigenvalue weighted by molar-refractivity contribution is -0.870. The Labute approximate surface area is 493 Å². The van der Waals surface area contributed by atoms with Gasteiger partial charge in [0.1, 0.15) is 13.2 Å². The van der Waals surface area contributed by atoms with Crippen molar-refractivity contribution in [1.82, 2.24) is 5.32 Å². The smallest absolute Gasteiger partial charge is 0.391 e. The molecule has 3 N–H and O–H groups in total. The molecule has 79 heavy (non-hydrogen) atoms. The minimum absolute atomic E-state index is 0.0774.